The molecular formula is C10H7F3N2O2. The molecule has 0 aromatic heterocycles. The SMILES string of the molecule is CC(=O)Nc1ccc(C(F)(F)F)cc1N=C=O. The summed E-state index contributed by atoms with van der Waals surface area (Å²) < 4.78 is 37.1. The number of hydrogen-bond acceptors (Lipinski definition) is 3. The summed E-state index contributed by atoms with van der Waals surface area (Å²) in [6.07, 6.45) is -3.41. The number of alkyl halides is 3. The van der Waals surface area contributed by atoms with Gasteiger partial charge < -0.3 is 5.32 Å². The van der Waals surface area contributed by atoms with E-state index in [9.17, 15) is 22.8 Å². The van der Waals surface area contributed by atoms with Crippen LogP contribution in [0, 0.1) is 0 Å². The highest BCUT2D eigenvalue weighted by atomic mass is 19.4. The van der Waals surface area contributed by atoms with E-state index in [2.05, 4.69) is 10.3 Å². The van der Waals surface area contributed by atoms with E-state index in [1.807, 2.05) is 0 Å². The zero-order valence-electron chi connectivity index (χ0n) is 8.63. The minimum atomic E-state index is -4.54. The average Bonchev–Trinajstić information content (AvgIpc) is 2.18. The first-order valence-corrected chi connectivity index (χ1v) is 4.41. The van der Waals surface area contributed by atoms with Gasteiger partial charge in [0.2, 0.25) is 12.0 Å². The van der Waals surface area contributed by atoms with Gasteiger partial charge in [-0.2, -0.15) is 18.2 Å². The van der Waals surface area contributed by atoms with E-state index in [-0.39, 0.29) is 11.4 Å². The van der Waals surface area contributed by atoms with Crippen molar-refractivity contribution in [2.75, 3.05) is 5.32 Å². The Morgan fingerprint density at radius 3 is 2.53 bits per heavy atom. The summed E-state index contributed by atoms with van der Waals surface area (Å²) in [5, 5.41) is 2.26. The van der Waals surface area contributed by atoms with Crippen molar-refractivity contribution in [1.29, 1.82) is 0 Å². The van der Waals surface area contributed by atoms with Crippen molar-refractivity contribution >= 4 is 23.4 Å². The lowest BCUT2D eigenvalue weighted by molar-refractivity contribution is -0.137. The van der Waals surface area contributed by atoms with E-state index in [0.29, 0.717) is 6.07 Å². The Morgan fingerprint density at radius 2 is 2.06 bits per heavy atom. The lowest BCUT2D eigenvalue weighted by Gasteiger charge is -2.10. The number of benzene rings is 1. The van der Waals surface area contributed by atoms with Crippen LogP contribution in [-0.4, -0.2) is 12.0 Å². The second-order valence-corrected chi connectivity index (χ2v) is 3.11. The van der Waals surface area contributed by atoms with Crippen LogP contribution in [0.15, 0.2) is 23.2 Å². The van der Waals surface area contributed by atoms with E-state index in [0.717, 1.165) is 18.2 Å². The molecule has 0 bridgehead atoms. The summed E-state index contributed by atoms with van der Waals surface area (Å²) >= 11 is 0. The predicted octanol–water partition coefficient (Wildman–Crippen LogP) is 2.63. The summed E-state index contributed by atoms with van der Waals surface area (Å²) in [4.78, 5) is 24.0. The molecule has 0 fully saturated rings. The first kappa shape index (κ1) is 12.9. The van der Waals surface area contributed by atoms with Crippen LogP contribution in [0.2, 0.25) is 0 Å². The van der Waals surface area contributed by atoms with Crippen molar-refractivity contribution in [1.82, 2.24) is 0 Å². The second kappa shape index (κ2) is 4.80. The van der Waals surface area contributed by atoms with Gasteiger partial charge in [0.1, 0.15) is 5.69 Å². The van der Waals surface area contributed by atoms with E-state index in [4.69, 9.17) is 0 Å². The van der Waals surface area contributed by atoms with Crippen LogP contribution in [0.4, 0.5) is 24.5 Å². The van der Waals surface area contributed by atoms with Crippen LogP contribution in [0.1, 0.15) is 12.5 Å². The van der Waals surface area contributed by atoms with E-state index < -0.39 is 17.6 Å². The normalized spacial score (nSPS) is 10.6. The van der Waals surface area contributed by atoms with Gasteiger partial charge >= 0.3 is 6.18 Å². The van der Waals surface area contributed by atoms with E-state index >= 15 is 0 Å². The third-order valence-electron chi connectivity index (χ3n) is 1.80. The number of nitrogens with zero attached hydrogens (tertiary/aromatic N) is 1. The smallest absolute Gasteiger partial charge is 0.324 e. The Bertz CT molecular complexity index is 491. The van der Waals surface area contributed by atoms with Crippen molar-refractivity contribution in [3.63, 3.8) is 0 Å². The number of hydrogen-bond donors (Lipinski definition) is 1. The quantitative estimate of drug-likeness (QED) is 0.642. The highest BCUT2D eigenvalue weighted by molar-refractivity contribution is 5.92. The van der Waals surface area contributed by atoms with Crippen LogP contribution in [0.25, 0.3) is 0 Å². The number of amides is 1. The van der Waals surface area contributed by atoms with Gasteiger partial charge in [-0.05, 0) is 18.2 Å². The fourth-order valence-electron chi connectivity index (χ4n) is 1.14. The van der Waals surface area contributed by atoms with Crippen molar-refractivity contribution in [2.45, 2.75) is 13.1 Å². The van der Waals surface area contributed by atoms with Crippen LogP contribution >= 0.6 is 0 Å². The Kier molecular flexibility index (Phi) is 3.65. The zero-order chi connectivity index (χ0) is 13.1. The molecule has 90 valence electrons. The maximum atomic E-state index is 12.4. The minimum absolute atomic E-state index is 0.0221. The topological polar surface area (TPSA) is 58.5 Å². The third kappa shape index (κ3) is 3.42. The molecule has 1 N–H and O–H groups in total. The van der Waals surface area contributed by atoms with Gasteiger partial charge in [0.15, 0.2) is 0 Å². The molecule has 0 radical (unpaired) electrons. The summed E-state index contributed by atoms with van der Waals surface area (Å²) in [6.45, 7) is 1.19. The first-order valence-electron chi connectivity index (χ1n) is 4.41. The number of isocyanates is 1. The molecule has 0 aliphatic carbocycles. The summed E-state index contributed by atoms with van der Waals surface area (Å²) in [7, 11) is 0. The number of carbonyl (C=O) groups excluding carboxylic acids is 2. The molecule has 7 heteroatoms. The monoisotopic (exact) mass is 244 g/mol. The third-order valence-corrected chi connectivity index (χ3v) is 1.80. The molecule has 4 nitrogen and oxygen atoms in total. The van der Waals surface area contributed by atoms with Crippen LogP contribution in [-0.2, 0) is 15.8 Å². The first-order chi connectivity index (χ1) is 7.84. The van der Waals surface area contributed by atoms with Crippen molar-refractivity contribution in [2.24, 2.45) is 4.99 Å². The minimum Gasteiger partial charge on any atom is -0.324 e. The largest absolute Gasteiger partial charge is 0.416 e. The molecule has 0 spiro atoms. The van der Waals surface area contributed by atoms with Gasteiger partial charge in [0.25, 0.3) is 0 Å². The molecule has 1 aromatic rings. The maximum Gasteiger partial charge on any atom is 0.416 e. The average molecular weight is 244 g/mol. The fourth-order valence-corrected chi connectivity index (χ4v) is 1.14. The molecule has 0 aliphatic rings. The summed E-state index contributed by atoms with van der Waals surface area (Å²) in [5.74, 6) is -0.480. The maximum absolute atomic E-state index is 12.4. The molecule has 0 unspecified atom stereocenters. The van der Waals surface area contributed by atoms with Gasteiger partial charge in [-0.25, -0.2) is 4.79 Å². The lowest BCUT2D eigenvalue weighted by Crippen LogP contribution is -2.08. The number of carbonyl (C=O) groups is 1. The van der Waals surface area contributed by atoms with Gasteiger partial charge in [-0.3, -0.25) is 4.79 Å². The van der Waals surface area contributed by atoms with Gasteiger partial charge in [-0.15, -0.1) is 0 Å². The summed E-state index contributed by atoms with van der Waals surface area (Å²) in [5.41, 5.74) is -1.22. The number of anilines is 1. The second-order valence-electron chi connectivity index (χ2n) is 3.11. The Balaban J connectivity index is 3.26. The molecule has 0 saturated heterocycles. The molecule has 1 rings (SSSR count). The van der Waals surface area contributed by atoms with Crippen molar-refractivity contribution in [3.8, 4) is 0 Å². The summed E-state index contributed by atoms with van der Waals surface area (Å²) in [6, 6.07) is 2.48. The molecule has 0 aliphatic heterocycles. The molecule has 17 heavy (non-hydrogen) atoms. The highest BCUT2D eigenvalue weighted by Crippen LogP contribution is 2.35. The van der Waals surface area contributed by atoms with Crippen molar-refractivity contribution < 1.29 is 22.8 Å². The molecule has 0 atom stereocenters. The number of nitrogens with one attached hydrogen (secondary N) is 1. The molecular weight excluding hydrogens is 237 g/mol. The predicted molar refractivity (Wildman–Crippen MR) is 53.5 cm³/mol. The van der Waals surface area contributed by atoms with Crippen molar-refractivity contribution in [3.05, 3.63) is 23.8 Å². The van der Waals surface area contributed by atoms with E-state index in [1.54, 1.807) is 0 Å². The molecule has 0 saturated carbocycles. The number of rotatable bonds is 2. The fraction of sp³-hybridized carbons (Fsp3) is 0.200. The Labute approximate surface area is 94.2 Å². The van der Waals surface area contributed by atoms with Gasteiger partial charge in [-0.1, -0.05) is 0 Å². The standard InChI is InChI=1S/C10H7F3N2O2/c1-6(17)15-8-3-2-7(10(11,12)13)4-9(8)14-5-16/h2-4H,1H3,(H,15,17). The zero-order valence-corrected chi connectivity index (χ0v) is 8.63. The highest BCUT2D eigenvalue weighted by Gasteiger charge is 2.31. The number of halogens is 3. The Morgan fingerprint density at radius 1 is 1.41 bits per heavy atom. The Hall–Kier alpha value is -2.14. The van der Waals surface area contributed by atoms with E-state index in [1.165, 1.54) is 6.92 Å². The van der Waals surface area contributed by atoms with Gasteiger partial charge in [0, 0.05) is 6.92 Å². The van der Waals surface area contributed by atoms with Crippen LogP contribution < -0.4 is 5.32 Å². The van der Waals surface area contributed by atoms with Crippen LogP contribution in [0.3, 0.4) is 0 Å². The molecule has 1 amide bonds. The molecule has 1 aromatic carbocycles. The van der Waals surface area contributed by atoms with Crippen LogP contribution in [0.5, 0.6) is 0 Å². The number of aliphatic imine (C=N–C) groups is 1. The molecule has 0 heterocycles. The lowest BCUT2D eigenvalue weighted by atomic mass is 10.1. The van der Waals surface area contributed by atoms with Gasteiger partial charge in [0.05, 0.1) is 11.3 Å².